The van der Waals surface area contributed by atoms with E-state index in [2.05, 4.69) is 5.10 Å². The van der Waals surface area contributed by atoms with Gasteiger partial charge in [0.25, 0.3) is 0 Å². The number of nitrogens with zero attached hydrogens (tertiary/aromatic N) is 3. The van der Waals surface area contributed by atoms with Gasteiger partial charge in [-0.05, 0) is 43.2 Å². The Kier molecular flexibility index (Phi) is 4.20. The molecule has 0 atom stereocenters. The number of aromatic nitrogens is 3. The highest BCUT2D eigenvalue weighted by atomic mass is 16.3. The average Bonchev–Trinajstić information content (AvgIpc) is 2.67. The Morgan fingerprint density at radius 3 is 2.52 bits per heavy atom. The van der Waals surface area contributed by atoms with Gasteiger partial charge in [0.1, 0.15) is 5.69 Å². The molecule has 134 valence electrons. The second kappa shape index (κ2) is 6.68. The molecule has 5 heteroatoms. The van der Waals surface area contributed by atoms with E-state index in [1.54, 1.807) is 16.7 Å². The number of hydrogen-bond acceptors (Lipinski definition) is 3. The highest BCUT2D eigenvalue weighted by molar-refractivity contribution is 5.40. The third-order valence-electron chi connectivity index (χ3n) is 4.57. The number of benzene rings is 2. The zero-order chi connectivity index (χ0) is 19.0. The molecule has 0 aliphatic rings. The van der Waals surface area contributed by atoms with Crippen molar-refractivity contribution in [2.75, 3.05) is 0 Å². The van der Waals surface area contributed by atoms with Crippen LogP contribution in [0.15, 0.2) is 71.5 Å². The Hall–Kier alpha value is -3.47. The minimum atomic E-state index is -0.369. The predicted octanol–water partition coefficient (Wildman–Crippen LogP) is 2.25. The Labute approximate surface area is 156 Å². The summed E-state index contributed by atoms with van der Waals surface area (Å²) in [5.74, 6) is -0.305. The predicted molar refractivity (Wildman–Crippen MR) is 101 cm³/mol. The van der Waals surface area contributed by atoms with Gasteiger partial charge in [-0.15, -0.1) is 0 Å². The molecule has 0 saturated carbocycles. The summed E-state index contributed by atoms with van der Waals surface area (Å²) in [5.41, 5.74) is 3.67. The Balaban J connectivity index is 2.05. The maximum atomic E-state index is 13.3. The second-order valence-corrected chi connectivity index (χ2v) is 6.67. The zero-order valence-electron chi connectivity index (χ0n) is 15.2. The third kappa shape index (κ3) is 3.08. The van der Waals surface area contributed by atoms with Gasteiger partial charge in [0.05, 0.1) is 17.1 Å². The molecule has 27 heavy (non-hydrogen) atoms. The van der Waals surface area contributed by atoms with E-state index in [4.69, 9.17) is 0 Å². The van der Waals surface area contributed by atoms with Crippen LogP contribution in [0.3, 0.4) is 0 Å². The van der Waals surface area contributed by atoms with Crippen molar-refractivity contribution in [1.82, 2.24) is 9.61 Å². The minimum Gasteiger partial charge on any atom is -0.842 e. The molecule has 0 bridgehead atoms. The van der Waals surface area contributed by atoms with Gasteiger partial charge in [-0.1, -0.05) is 52.1 Å². The first-order chi connectivity index (χ1) is 13.0. The van der Waals surface area contributed by atoms with Gasteiger partial charge >= 0.3 is 11.2 Å². The van der Waals surface area contributed by atoms with Crippen molar-refractivity contribution >= 4 is 5.65 Å². The topological polar surface area (TPSA) is 61.3 Å². The van der Waals surface area contributed by atoms with E-state index in [0.29, 0.717) is 11.3 Å². The molecule has 0 unspecified atom stereocenters. The van der Waals surface area contributed by atoms with Crippen LogP contribution in [0.1, 0.15) is 22.4 Å². The van der Waals surface area contributed by atoms with Gasteiger partial charge < -0.3 is 5.11 Å². The first-order valence-electron chi connectivity index (χ1n) is 8.80. The second-order valence-electron chi connectivity index (χ2n) is 6.67. The standard InChI is InChI=1S/C22H19N3O2/c1-15-7-6-10-18(13-15)24-20-12-11-16(2)23-25(20)22(27)19(21(24)26)14-17-8-4-3-5-9-17/h3-13H,14H2,1-2H3. The summed E-state index contributed by atoms with van der Waals surface area (Å²) in [7, 11) is 0. The van der Waals surface area contributed by atoms with Crippen LogP contribution in [0, 0.1) is 13.8 Å². The summed E-state index contributed by atoms with van der Waals surface area (Å²) in [6.45, 7) is 3.80. The summed E-state index contributed by atoms with van der Waals surface area (Å²) in [6.07, 6.45) is 0.267. The quantitative estimate of drug-likeness (QED) is 0.529. The SMILES string of the molecule is Cc1cccc(-[n+]2c([O-])c(Cc3ccccc3)c(=O)n3nc(C)ccc32)c1. The minimum absolute atomic E-state index is 0.207. The summed E-state index contributed by atoms with van der Waals surface area (Å²) < 4.78 is 2.90. The van der Waals surface area contributed by atoms with Crippen LogP contribution in [-0.4, -0.2) is 9.61 Å². The molecular weight excluding hydrogens is 338 g/mol. The first kappa shape index (κ1) is 17.0. The van der Waals surface area contributed by atoms with E-state index in [9.17, 15) is 9.90 Å². The lowest BCUT2D eigenvalue weighted by Crippen LogP contribution is -2.43. The van der Waals surface area contributed by atoms with E-state index >= 15 is 0 Å². The molecule has 0 radical (unpaired) electrons. The number of fused-ring (bicyclic) bond motifs is 1. The van der Waals surface area contributed by atoms with Crippen molar-refractivity contribution in [3.63, 3.8) is 0 Å². The molecule has 0 N–H and O–H groups in total. The molecule has 0 spiro atoms. The van der Waals surface area contributed by atoms with Crippen molar-refractivity contribution in [3.05, 3.63) is 99.5 Å². The van der Waals surface area contributed by atoms with Crippen LogP contribution in [0.4, 0.5) is 0 Å². The van der Waals surface area contributed by atoms with Crippen molar-refractivity contribution in [3.8, 4) is 11.6 Å². The molecule has 2 aromatic heterocycles. The maximum Gasteiger partial charge on any atom is 0.365 e. The largest absolute Gasteiger partial charge is 0.842 e. The molecule has 2 aromatic carbocycles. The van der Waals surface area contributed by atoms with E-state index < -0.39 is 0 Å². The van der Waals surface area contributed by atoms with Gasteiger partial charge in [0.15, 0.2) is 0 Å². The lowest BCUT2D eigenvalue weighted by molar-refractivity contribution is -0.632. The molecule has 0 saturated heterocycles. The van der Waals surface area contributed by atoms with Gasteiger partial charge in [-0.2, -0.15) is 0 Å². The summed E-state index contributed by atoms with van der Waals surface area (Å²) >= 11 is 0. The molecule has 2 heterocycles. The highest BCUT2D eigenvalue weighted by Gasteiger charge is 2.21. The van der Waals surface area contributed by atoms with Crippen molar-refractivity contribution in [2.24, 2.45) is 0 Å². The molecule has 0 amide bonds. The van der Waals surface area contributed by atoms with Crippen LogP contribution >= 0.6 is 0 Å². The van der Waals surface area contributed by atoms with Gasteiger partial charge in [0, 0.05) is 12.5 Å². The van der Waals surface area contributed by atoms with Crippen LogP contribution in [0.2, 0.25) is 0 Å². The molecule has 0 aliphatic carbocycles. The Morgan fingerprint density at radius 1 is 1.00 bits per heavy atom. The van der Waals surface area contributed by atoms with Gasteiger partial charge in [0.2, 0.25) is 0 Å². The third-order valence-corrected chi connectivity index (χ3v) is 4.57. The van der Waals surface area contributed by atoms with Crippen molar-refractivity contribution in [1.29, 1.82) is 0 Å². The summed E-state index contributed by atoms with van der Waals surface area (Å²) in [6, 6.07) is 20.8. The number of rotatable bonds is 3. The van der Waals surface area contributed by atoms with Gasteiger partial charge in [-0.25, -0.2) is 9.36 Å². The molecule has 4 rings (SSSR count). The highest BCUT2D eigenvalue weighted by Crippen LogP contribution is 2.15. The smallest absolute Gasteiger partial charge is 0.365 e. The molecule has 5 nitrogen and oxygen atoms in total. The number of hydrogen-bond donors (Lipinski definition) is 0. The first-order valence-corrected chi connectivity index (χ1v) is 8.80. The van der Waals surface area contributed by atoms with E-state index in [-0.39, 0.29) is 23.4 Å². The summed E-state index contributed by atoms with van der Waals surface area (Å²) in [5, 5.41) is 17.7. The molecule has 4 aromatic rings. The van der Waals surface area contributed by atoms with Crippen molar-refractivity contribution < 1.29 is 9.67 Å². The Bertz CT molecular complexity index is 1200. The zero-order valence-corrected chi connectivity index (χ0v) is 15.2. The van der Waals surface area contributed by atoms with Crippen LogP contribution in [-0.2, 0) is 6.42 Å². The van der Waals surface area contributed by atoms with E-state index in [0.717, 1.165) is 16.8 Å². The fraction of sp³-hybridized carbons (Fsp3) is 0.136. The fourth-order valence-electron chi connectivity index (χ4n) is 3.25. The number of aryl methyl sites for hydroxylation is 2. The molecule has 0 aliphatic heterocycles. The Morgan fingerprint density at radius 2 is 1.78 bits per heavy atom. The van der Waals surface area contributed by atoms with E-state index in [1.807, 2.05) is 68.4 Å². The average molecular weight is 357 g/mol. The lowest BCUT2D eigenvalue weighted by atomic mass is 10.1. The van der Waals surface area contributed by atoms with Crippen LogP contribution in [0.5, 0.6) is 5.88 Å². The van der Waals surface area contributed by atoms with Crippen LogP contribution in [0.25, 0.3) is 11.3 Å². The van der Waals surface area contributed by atoms with Crippen molar-refractivity contribution in [2.45, 2.75) is 20.3 Å². The fourth-order valence-corrected chi connectivity index (χ4v) is 3.25. The maximum absolute atomic E-state index is 13.3. The lowest BCUT2D eigenvalue weighted by Gasteiger charge is -2.16. The molecule has 0 fully saturated rings. The normalized spacial score (nSPS) is 11.0. The molecular formula is C22H19N3O2. The van der Waals surface area contributed by atoms with Crippen LogP contribution < -0.4 is 15.2 Å². The van der Waals surface area contributed by atoms with Gasteiger partial charge in [-0.3, -0.25) is 0 Å². The van der Waals surface area contributed by atoms with E-state index in [1.165, 1.54) is 4.52 Å². The monoisotopic (exact) mass is 357 g/mol. The summed E-state index contributed by atoms with van der Waals surface area (Å²) in [4.78, 5) is 13.0.